The average Bonchev–Trinajstić information content (AvgIpc) is 2.62. The maximum atomic E-state index is 12.4. The van der Waals surface area contributed by atoms with Crippen LogP contribution in [0.15, 0.2) is 42.5 Å². The van der Waals surface area contributed by atoms with Gasteiger partial charge in [-0.3, -0.25) is 9.59 Å². The molecular weight excluding hydrogens is 316 g/mol. The molecule has 1 heterocycles. The molecule has 0 bridgehead atoms. The molecule has 2 aromatic carbocycles. The summed E-state index contributed by atoms with van der Waals surface area (Å²) in [5.41, 5.74) is 2.98. The van der Waals surface area contributed by atoms with Gasteiger partial charge in [-0.25, -0.2) is 0 Å². The van der Waals surface area contributed by atoms with Crippen LogP contribution in [0.2, 0.25) is 0 Å². The summed E-state index contributed by atoms with van der Waals surface area (Å²) >= 11 is 0. The fourth-order valence-electron chi connectivity index (χ4n) is 3.03. The monoisotopic (exact) mass is 338 g/mol. The average molecular weight is 338 g/mol. The smallest absolute Gasteiger partial charge is 0.255 e. The van der Waals surface area contributed by atoms with Gasteiger partial charge in [0.1, 0.15) is 5.75 Å². The van der Waals surface area contributed by atoms with Gasteiger partial charge in [-0.05, 0) is 50.1 Å². The minimum absolute atomic E-state index is 0.0895. The molecule has 130 valence electrons. The predicted octanol–water partition coefficient (Wildman–Crippen LogP) is 3.77. The number of anilines is 2. The van der Waals surface area contributed by atoms with Crippen LogP contribution < -0.4 is 15.0 Å². The van der Waals surface area contributed by atoms with Crippen LogP contribution in [0, 0.1) is 6.92 Å². The van der Waals surface area contributed by atoms with E-state index in [-0.39, 0.29) is 11.8 Å². The van der Waals surface area contributed by atoms with E-state index in [1.54, 1.807) is 36.3 Å². The number of rotatable bonds is 4. The van der Waals surface area contributed by atoms with Crippen molar-refractivity contribution in [2.45, 2.75) is 26.2 Å². The first-order valence-electron chi connectivity index (χ1n) is 8.45. The van der Waals surface area contributed by atoms with Gasteiger partial charge in [0.2, 0.25) is 5.91 Å². The molecule has 3 rings (SSSR count). The van der Waals surface area contributed by atoms with Crippen molar-refractivity contribution in [2.24, 2.45) is 0 Å². The maximum absolute atomic E-state index is 12.4. The molecule has 0 aromatic heterocycles. The Hall–Kier alpha value is -2.82. The van der Waals surface area contributed by atoms with Gasteiger partial charge in [0.25, 0.3) is 5.91 Å². The Morgan fingerprint density at radius 3 is 2.72 bits per heavy atom. The highest BCUT2D eigenvalue weighted by atomic mass is 16.5. The van der Waals surface area contributed by atoms with Crippen LogP contribution in [0.4, 0.5) is 11.4 Å². The van der Waals surface area contributed by atoms with Crippen molar-refractivity contribution in [1.29, 1.82) is 0 Å². The molecule has 1 aliphatic rings. The van der Waals surface area contributed by atoms with Gasteiger partial charge in [0.15, 0.2) is 0 Å². The Kier molecular flexibility index (Phi) is 5.03. The summed E-state index contributed by atoms with van der Waals surface area (Å²) in [5.74, 6) is 0.542. The predicted molar refractivity (Wildman–Crippen MR) is 98.3 cm³/mol. The number of piperidine rings is 1. The molecule has 0 radical (unpaired) electrons. The number of benzene rings is 2. The third kappa shape index (κ3) is 3.82. The van der Waals surface area contributed by atoms with Gasteiger partial charge in [-0.1, -0.05) is 17.7 Å². The molecule has 0 unspecified atom stereocenters. The van der Waals surface area contributed by atoms with E-state index in [4.69, 9.17) is 4.74 Å². The van der Waals surface area contributed by atoms with Crippen LogP contribution >= 0.6 is 0 Å². The molecule has 5 nitrogen and oxygen atoms in total. The van der Waals surface area contributed by atoms with Crippen molar-refractivity contribution < 1.29 is 14.3 Å². The first-order valence-corrected chi connectivity index (χ1v) is 8.45. The van der Waals surface area contributed by atoms with Crippen LogP contribution in [-0.2, 0) is 4.79 Å². The van der Waals surface area contributed by atoms with Crippen molar-refractivity contribution in [2.75, 3.05) is 23.9 Å². The van der Waals surface area contributed by atoms with Gasteiger partial charge in [0.05, 0.1) is 12.8 Å². The molecule has 25 heavy (non-hydrogen) atoms. The Bertz CT molecular complexity index is 801. The number of aryl methyl sites for hydroxylation is 1. The normalized spacial score (nSPS) is 14.3. The zero-order valence-electron chi connectivity index (χ0n) is 14.5. The molecule has 1 fully saturated rings. The van der Waals surface area contributed by atoms with Crippen LogP contribution in [0.3, 0.4) is 0 Å². The second-order valence-electron chi connectivity index (χ2n) is 6.21. The largest absolute Gasteiger partial charge is 0.495 e. The molecule has 1 aliphatic heterocycles. The highest BCUT2D eigenvalue weighted by Gasteiger charge is 2.23. The lowest BCUT2D eigenvalue weighted by Gasteiger charge is -2.28. The van der Waals surface area contributed by atoms with E-state index in [2.05, 4.69) is 5.32 Å². The van der Waals surface area contributed by atoms with Crippen LogP contribution in [0.1, 0.15) is 35.2 Å². The van der Waals surface area contributed by atoms with Crippen LogP contribution in [0.25, 0.3) is 0 Å². The van der Waals surface area contributed by atoms with Crippen molar-refractivity contribution in [3.8, 4) is 5.75 Å². The fourth-order valence-corrected chi connectivity index (χ4v) is 3.03. The lowest BCUT2D eigenvalue weighted by atomic mass is 10.1. The fraction of sp³-hybridized carbons (Fsp3) is 0.300. The van der Waals surface area contributed by atoms with Crippen LogP contribution in [0.5, 0.6) is 5.75 Å². The number of nitrogens with one attached hydrogen (secondary N) is 1. The van der Waals surface area contributed by atoms with Gasteiger partial charge in [-0.2, -0.15) is 0 Å². The number of nitrogens with zero attached hydrogens (tertiary/aromatic N) is 1. The number of hydrogen-bond donors (Lipinski definition) is 1. The first kappa shape index (κ1) is 17.0. The number of hydrogen-bond acceptors (Lipinski definition) is 3. The molecule has 5 heteroatoms. The maximum Gasteiger partial charge on any atom is 0.255 e. The summed E-state index contributed by atoms with van der Waals surface area (Å²) < 4.78 is 5.40. The van der Waals surface area contributed by atoms with E-state index < -0.39 is 0 Å². The molecule has 0 spiro atoms. The SMILES string of the molecule is COc1ccc(NC(=O)c2cccc(C)c2)cc1N1CCCCC1=O. The second-order valence-corrected chi connectivity index (χ2v) is 6.21. The lowest BCUT2D eigenvalue weighted by Crippen LogP contribution is -2.35. The second kappa shape index (κ2) is 7.38. The third-order valence-corrected chi connectivity index (χ3v) is 4.33. The topological polar surface area (TPSA) is 58.6 Å². The highest BCUT2D eigenvalue weighted by molar-refractivity contribution is 6.05. The quantitative estimate of drug-likeness (QED) is 0.923. The Morgan fingerprint density at radius 2 is 2.00 bits per heavy atom. The molecule has 1 saturated heterocycles. The van der Waals surface area contributed by atoms with Gasteiger partial charge >= 0.3 is 0 Å². The van der Waals surface area contributed by atoms with Gasteiger partial charge < -0.3 is 15.0 Å². The van der Waals surface area contributed by atoms with Crippen molar-refractivity contribution in [3.63, 3.8) is 0 Å². The molecule has 2 aromatic rings. The minimum atomic E-state index is -0.176. The van der Waals surface area contributed by atoms with Gasteiger partial charge in [0, 0.05) is 24.2 Å². The Labute approximate surface area is 147 Å². The molecule has 0 saturated carbocycles. The third-order valence-electron chi connectivity index (χ3n) is 4.33. The van der Waals surface area contributed by atoms with E-state index in [0.717, 1.165) is 18.4 Å². The number of carbonyl (C=O) groups excluding carboxylic acids is 2. The van der Waals surface area contributed by atoms with Crippen LogP contribution in [-0.4, -0.2) is 25.5 Å². The van der Waals surface area contributed by atoms with Crippen molar-refractivity contribution >= 4 is 23.2 Å². The summed E-state index contributed by atoms with van der Waals surface area (Å²) in [7, 11) is 1.58. The number of amides is 2. The first-order chi connectivity index (χ1) is 12.1. The lowest BCUT2D eigenvalue weighted by molar-refractivity contribution is -0.119. The van der Waals surface area contributed by atoms with E-state index in [1.807, 2.05) is 25.1 Å². The molecule has 1 N–H and O–H groups in total. The standard InChI is InChI=1S/C20H22N2O3/c1-14-6-5-7-15(12-14)20(24)21-16-9-10-18(25-2)17(13-16)22-11-4-3-8-19(22)23/h5-7,9-10,12-13H,3-4,8,11H2,1-2H3,(H,21,24). The number of ether oxygens (including phenoxy) is 1. The Morgan fingerprint density at radius 1 is 1.16 bits per heavy atom. The molecule has 0 atom stereocenters. The van der Waals surface area contributed by atoms with E-state index in [0.29, 0.717) is 35.7 Å². The highest BCUT2D eigenvalue weighted by Crippen LogP contribution is 2.33. The number of carbonyl (C=O) groups is 2. The molecule has 2 amide bonds. The summed E-state index contributed by atoms with van der Waals surface area (Å²) in [5, 5.41) is 2.90. The van der Waals surface area contributed by atoms with Crippen molar-refractivity contribution in [3.05, 3.63) is 53.6 Å². The summed E-state index contributed by atoms with van der Waals surface area (Å²) in [6, 6.07) is 12.8. The summed E-state index contributed by atoms with van der Waals surface area (Å²) in [6.45, 7) is 2.62. The zero-order valence-corrected chi connectivity index (χ0v) is 14.5. The Balaban J connectivity index is 1.86. The number of methoxy groups -OCH3 is 1. The van der Waals surface area contributed by atoms with Gasteiger partial charge in [-0.15, -0.1) is 0 Å². The summed E-state index contributed by atoms with van der Waals surface area (Å²) in [4.78, 5) is 26.4. The van der Waals surface area contributed by atoms with E-state index in [9.17, 15) is 9.59 Å². The van der Waals surface area contributed by atoms with Crippen molar-refractivity contribution in [1.82, 2.24) is 0 Å². The van der Waals surface area contributed by atoms with E-state index in [1.165, 1.54) is 0 Å². The zero-order chi connectivity index (χ0) is 17.8. The summed E-state index contributed by atoms with van der Waals surface area (Å²) in [6.07, 6.45) is 2.43. The minimum Gasteiger partial charge on any atom is -0.495 e. The molecular formula is C20H22N2O3. The molecule has 0 aliphatic carbocycles. The van der Waals surface area contributed by atoms with E-state index >= 15 is 0 Å².